The first-order valence-corrected chi connectivity index (χ1v) is 33.7. The first-order chi connectivity index (χ1) is 40.0. The second-order valence-electron chi connectivity index (χ2n) is 22.0. The van der Waals surface area contributed by atoms with E-state index in [-0.39, 0.29) is 31.1 Å². The third-order valence-electron chi connectivity index (χ3n) is 14.1. The number of unbranched alkanes of at least 4 members (excludes halogenated alkanes) is 27. The average molecular weight is 1120 g/mol. The predicted molar refractivity (Wildman–Crippen MR) is 353 cm³/mol. The van der Waals surface area contributed by atoms with Crippen molar-refractivity contribution in [3.8, 4) is 0 Å². The van der Waals surface area contributed by atoms with E-state index in [9.17, 15) is 14.4 Å². The number of carbonyl (C=O) groups excluding carboxylic acids is 3. The molecule has 0 amide bonds. The second-order valence-corrected chi connectivity index (χ2v) is 22.0. The molecule has 0 radical (unpaired) electrons. The summed E-state index contributed by atoms with van der Waals surface area (Å²) in [5, 5.41) is 0. The number of esters is 3. The van der Waals surface area contributed by atoms with Crippen LogP contribution >= 0.6 is 0 Å². The van der Waals surface area contributed by atoms with Gasteiger partial charge >= 0.3 is 17.9 Å². The number of allylic oxidation sites excluding steroid dienone is 22. The molecule has 0 rings (SSSR count). The molecule has 0 saturated heterocycles. The van der Waals surface area contributed by atoms with E-state index in [0.29, 0.717) is 19.3 Å². The fourth-order valence-corrected chi connectivity index (χ4v) is 9.14. The fourth-order valence-electron chi connectivity index (χ4n) is 9.14. The summed E-state index contributed by atoms with van der Waals surface area (Å²) in [7, 11) is 0. The zero-order valence-electron chi connectivity index (χ0n) is 52.8. The molecule has 0 aromatic rings. The summed E-state index contributed by atoms with van der Waals surface area (Å²) in [4.78, 5) is 38.4. The van der Waals surface area contributed by atoms with Gasteiger partial charge in [-0.2, -0.15) is 0 Å². The van der Waals surface area contributed by atoms with Gasteiger partial charge in [-0.05, 0) is 135 Å². The van der Waals surface area contributed by atoms with Crippen molar-refractivity contribution in [3.63, 3.8) is 0 Å². The minimum atomic E-state index is -0.801. The minimum Gasteiger partial charge on any atom is -0.462 e. The highest BCUT2D eigenvalue weighted by Gasteiger charge is 2.19. The van der Waals surface area contributed by atoms with Gasteiger partial charge in [0, 0.05) is 19.3 Å². The van der Waals surface area contributed by atoms with E-state index in [1.165, 1.54) is 116 Å². The first-order valence-electron chi connectivity index (χ1n) is 33.7. The van der Waals surface area contributed by atoms with Gasteiger partial charge in [-0.15, -0.1) is 0 Å². The smallest absolute Gasteiger partial charge is 0.306 e. The number of hydrogen-bond donors (Lipinski definition) is 0. The van der Waals surface area contributed by atoms with Crippen LogP contribution in [0.5, 0.6) is 0 Å². The monoisotopic (exact) mass is 1120 g/mol. The van der Waals surface area contributed by atoms with Crippen molar-refractivity contribution in [2.45, 2.75) is 309 Å². The molecule has 0 aromatic heterocycles. The quantitative estimate of drug-likeness (QED) is 0.0261. The van der Waals surface area contributed by atoms with E-state index in [2.05, 4.69) is 154 Å². The molecule has 81 heavy (non-hydrogen) atoms. The molecule has 0 spiro atoms. The molecule has 0 heterocycles. The molecule has 0 N–H and O–H groups in total. The molecule has 0 aromatic carbocycles. The number of ether oxygens (including phenoxy) is 3. The lowest BCUT2D eigenvalue weighted by Gasteiger charge is -2.18. The standard InChI is InChI=1S/C75H124O6/c1-4-7-10-13-16-19-22-25-27-29-31-33-35-36-37-38-40-41-43-45-47-50-53-56-59-62-65-68-74(77)80-71-72(70-79-73(76)67-64-61-58-55-52-49-24-21-18-15-12-9-6-3)81-75(78)69-66-63-60-57-54-51-48-46-44-42-39-34-32-30-28-26-23-20-17-14-11-8-5-2/h7-8,10-11,16-17,19-21,24-28,31-34,42,44,48,51,72H,4-6,9,12-15,18,22-23,29-30,35-41,43,45-47,49-50,52-71H2,1-3H3/b10-7-,11-8-,19-16-,20-17-,24-21-,27-25-,28-26-,33-31-,34-32-,44-42-,51-48-. The predicted octanol–water partition coefficient (Wildman–Crippen LogP) is 23.3. The molecule has 0 saturated carbocycles. The Hall–Kier alpha value is -4.45. The molecule has 0 aliphatic heterocycles. The van der Waals surface area contributed by atoms with Gasteiger partial charge in [0.1, 0.15) is 13.2 Å². The summed E-state index contributed by atoms with van der Waals surface area (Å²) in [6, 6.07) is 0. The molecule has 0 bridgehead atoms. The van der Waals surface area contributed by atoms with Crippen LogP contribution in [0.4, 0.5) is 0 Å². The number of carbonyl (C=O) groups is 3. The van der Waals surface area contributed by atoms with E-state index in [4.69, 9.17) is 14.2 Å². The Bertz CT molecular complexity index is 1720. The minimum absolute atomic E-state index is 0.0936. The summed E-state index contributed by atoms with van der Waals surface area (Å²) in [5.74, 6) is -0.923. The van der Waals surface area contributed by atoms with E-state index in [1.807, 2.05) is 0 Å². The van der Waals surface area contributed by atoms with Gasteiger partial charge < -0.3 is 14.2 Å². The van der Waals surface area contributed by atoms with E-state index < -0.39 is 6.10 Å². The highest BCUT2D eigenvalue weighted by molar-refractivity contribution is 5.71. The van der Waals surface area contributed by atoms with Crippen LogP contribution in [0.15, 0.2) is 134 Å². The van der Waals surface area contributed by atoms with Crippen LogP contribution in [-0.4, -0.2) is 37.2 Å². The molecule has 6 nitrogen and oxygen atoms in total. The van der Waals surface area contributed by atoms with Crippen molar-refractivity contribution in [2.75, 3.05) is 13.2 Å². The first kappa shape index (κ1) is 76.5. The molecule has 1 unspecified atom stereocenters. The Balaban J connectivity index is 4.36. The summed E-state index contributed by atoms with van der Waals surface area (Å²) < 4.78 is 16.9. The lowest BCUT2D eigenvalue weighted by atomic mass is 10.0. The van der Waals surface area contributed by atoms with Crippen LogP contribution in [0.3, 0.4) is 0 Å². The summed E-state index contributed by atoms with van der Waals surface area (Å²) in [6.45, 7) is 6.39. The zero-order chi connectivity index (χ0) is 58.5. The van der Waals surface area contributed by atoms with Crippen LogP contribution in [-0.2, 0) is 28.6 Å². The topological polar surface area (TPSA) is 78.9 Å². The molecule has 0 aliphatic carbocycles. The highest BCUT2D eigenvalue weighted by atomic mass is 16.6. The maximum Gasteiger partial charge on any atom is 0.306 e. The van der Waals surface area contributed by atoms with Gasteiger partial charge in [-0.1, -0.05) is 283 Å². The highest BCUT2D eigenvalue weighted by Crippen LogP contribution is 2.16. The zero-order valence-corrected chi connectivity index (χ0v) is 52.8. The molecule has 6 heteroatoms. The molecular formula is C75H124O6. The van der Waals surface area contributed by atoms with Gasteiger partial charge in [0.2, 0.25) is 0 Å². The van der Waals surface area contributed by atoms with Gasteiger partial charge in [0.15, 0.2) is 6.10 Å². The summed E-state index contributed by atoms with van der Waals surface area (Å²) >= 11 is 0. The molecule has 0 fully saturated rings. The lowest BCUT2D eigenvalue weighted by Crippen LogP contribution is -2.30. The van der Waals surface area contributed by atoms with E-state index in [0.717, 1.165) is 148 Å². The summed E-state index contributed by atoms with van der Waals surface area (Å²) in [6.07, 6.45) is 96.1. The Kier molecular flexibility index (Phi) is 64.3. The number of hydrogen-bond acceptors (Lipinski definition) is 6. The maximum atomic E-state index is 12.9. The summed E-state index contributed by atoms with van der Waals surface area (Å²) in [5.41, 5.74) is 0. The van der Waals surface area contributed by atoms with Crippen LogP contribution in [0.25, 0.3) is 0 Å². The van der Waals surface area contributed by atoms with Crippen molar-refractivity contribution in [2.24, 2.45) is 0 Å². The largest absolute Gasteiger partial charge is 0.462 e. The van der Waals surface area contributed by atoms with Gasteiger partial charge in [0.25, 0.3) is 0 Å². The van der Waals surface area contributed by atoms with Gasteiger partial charge in [-0.3, -0.25) is 14.4 Å². The van der Waals surface area contributed by atoms with Crippen molar-refractivity contribution in [1.29, 1.82) is 0 Å². The third-order valence-corrected chi connectivity index (χ3v) is 14.1. The Morgan fingerprint density at radius 2 is 0.481 bits per heavy atom. The third kappa shape index (κ3) is 66.2. The fraction of sp³-hybridized carbons (Fsp3) is 0.667. The van der Waals surface area contributed by atoms with Crippen LogP contribution in [0, 0.1) is 0 Å². The van der Waals surface area contributed by atoms with Crippen molar-refractivity contribution < 1.29 is 28.6 Å². The van der Waals surface area contributed by atoms with Gasteiger partial charge in [0.05, 0.1) is 0 Å². The van der Waals surface area contributed by atoms with Crippen LogP contribution in [0.1, 0.15) is 303 Å². The van der Waals surface area contributed by atoms with Crippen molar-refractivity contribution >= 4 is 17.9 Å². The maximum absolute atomic E-state index is 12.9. The normalized spacial score (nSPS) is 13.0. The number of rotatable bonds is 60. The molecule has 1 atom stereocenters. The molecular weight excluding hydrogens is 997 g/mol. The van der Waals surface area contributed by atoms with Crippen molar-refractivity contribution in [1.82, 2.24) is 0 Å². The van der Waals surface area contributed by atoms with Gasteiger partial charge in [-0.25, -0.2) is 0 Å². The molecule has 460 valence electrons. The van der Waals surface area contributed by atoms with Crippen LogP contribution in [0.2, 0.25) is 0 Å². The Morgan fingerprint density at radius 3 is 0.765 bits per heavy atom. The Labute approximate surface area is 500 Å². The van der Waals surface area contributed by atoms with Crippen molar-refractivity contribution in [3.05, 3.63) is 134 Å². The van der Waals surface area contributed by atoms with E-state index >= 15 is 0 Å². The average Bonchev–Trinajstić information content (AvgIpc) is 3.46. The lowest BCUT2D eigenvalue weighted by molar-refractivity contribution is -0.167. The SMILES string of the molecule is CC/C=C\C/C=C\C/C=C\C/C=C\C/C=C\C/C=C\CCCCCCC(=O)OC(COC(=O)CCCCCCC/C=C\CCCCCC)COC(=O)CCCCCCCCCCCCCCCC/C=C\C/C=C\C/C=C\C/C=C\CC. The Morgan fingerprint density at radius 1 is 0.259 bits per heavy atom. The second kappa shape index (κ2) is 68.1. The van der Waals surface area contributed by atoms with Crippen LogP contribution < -0.4 is 0 Å². The van der Waals surface area contributed by atoms with E-state index in [1.54, 1.807) is 0 Å². The molecule has 0 aliphatic rings.